The number of carbonyl (C=O) groups excluding carboxylic acids is 1. The van der Waals surface area contributed by atoms with Crippen LogP contribution in [-0.2, 0) is 14.8 Å². The van der Waals surface area contributed by atoms with Crippen LogP contribution in [0.3, 0.4) is 0 Å². The molecule has 0 aliphatic heterocycles. The topological polar surface area (TPSA) is 107 Å². The first-order valence-corrected chi connectivity index (χ1v) is 9.90. The summed E-state index contributed by atoms with van der Waals surface area (Å²) in [5, 5.41) is 8.32. The SMILES string of the molecule is CC(Sc1nccn1C1CC1)C(=O)Nc1ccc(S(N)(=O)=O)cc1. The largest absolute Gasteiger partial charge is 0.325 e. The van der Waals surface area contributed by atoms with Crippen LogP contribution in [0.5, 0.6) is 0 Å². The average molecular weight is 366 g/mol. The molecule has 1 atom stereocenters. The van der Waals surface area contributed by atoms with Crippen molar-refractivity contribution < 1.29 is 13.2 Å². The summed E-state index contributed by atoms with van der Waals surface area (Å²) in [5.74, 6) is -0.172. The zero-order chi connectivity index (χ0) is 17.3. The molecule has 9 heteroatoms. The van der Waals surface area contributed by atoms with E-state index >= 15 is 0 Å². The number of benzene rings is 1. The zero-order valence-corrected chi connectivity index (χ0v) is 14.7. The van der Waals surface area contributed by atoms with Gasteiger partial charge in [0.25, 0.3) is 0 Å². The molecule has 0 radical (unpaired) electrons. The molecule has 128 valence electrons. The fraction of sp³-hybridized carbons (Fsp3) is 0.333. The van der Waals surface area contributed by atoms with Gasteiger partial charge >= 0.3 is 0 Å². The number of hydrogen-bond acceptors (Lipinski definition) is 5. The van der Waals surface area contributed by atoms with E-state index in [1.807, 2.05) is 13.1 Å². The molecule has 7 nitrogen and oxygen atoms in total. The molecule has 3 rings (SSSR count). The number of nitrogens with two attached hydrogens (primary N) is 1. The van der Waals surface area contributed by atoms with Crippen molar-refractivity contribution in [3.05, 3.63) is 36.7 Å². The summed E-state index contributed by atoms with van der Waals surface area (Å²) < 4.78 is 24.6. The van der Waals surface area contributed by atoms with E-state index in [-0.39, 0.29) is 16.1 Å². The highest BCUT2D eigenvalue weighted by atomic mass is 32.2. The minimum Gasteiger partial charge on any atom is -0.325 e. The Kier molecular flexibility index (Phi) is 4.66. The number of imidazole rings is 1. The van der Waals surface area contributed by atoms with E-state index in [0.29, 0.717) is 11.7 Å². The maximum Gasteiger partial charge on any atom is 0.238 e. The summed E-state index contributed by atoms with van der Waals surface area (Å²) in [7, 11) is -3.73. The molecule has 0 saturated heterocycles. The third kappa shape index (κ3) is 3.97. The van der Waals surface area contributed by atoms with Gasteiger partial charge in [-0.3, -0.25) is 4.79 Å². The number of nitrogens with one attached hydrogen (secondary N) is 1. The third-order valence-electron chi connectivity index (χ3n) is 3.68. The summed E-state index contributed by atoms with van der Waals surface area (Å²) in [4.78, 5) is 16.6. The van der Waals surface area contributed by atoms with Crippen molar-refractivity contribution in [2.75, 3.05) is 5.32 Å². The van der Waals surface area contributed by atoms with E-state index in [1.165, 1.54) is 36.0 Å². The number of carbonyl (C=O) groups is 1. The molecule has 3 N–H and O–H groups in total. The first-order valence-electron chi connectivity index (χ1n) is 7.48. The average Bonchev–Trinajstić information content (AvgIpc) is 3.27. The third-order valence-corrected chi connectivity index (χ3v) is 5.70. The van der Waals surface area contributed by atoms with E-state index in [0.717, 1.165) is 18.0 Å². The monoisotopic (exact) mass is 366 g/mol. The van der Waals surface area contributed by atoms with Gasteiger partial charge in [0.05, 0.1) is 10.1 Å². The van der Waals surface area contributed by atoms with Gasteiger partial charge in [-0.05, 0) is 44.0 Å². The number of thioether (sulfide) groups is 1. The number of rotatable bonds is 6. The van der Waals surface area contributed by atoms with Crippen LogP contribution in [0.2, 0.25) is 0 Å². The normalized spacial score (nSPS) is 15.9. The number of anilines is 1. The summed E-state index contributed by atoms with van der Waals surface area (Å²) in [6.45, 7) is 1.81. The lowest BCUT2D eigenvalue weighted by molar-refractivity contribution is -0.115. The van der Waals surface area contributed by atoms with Crippen LogP contribution in [0.4, 0.5) is 5.69 Å². The van der Waals surface area contributed by atoms with Crippen molar-refractivity contribution in [2.24, 2.45) is 5.14 Å². The maximum atomic E-state index is 12.3. The van der Waals surface area contributed by atoms with E-state index in [2.05, 4.69) is 14.9 Å². The van der Waals surface area contributed by atoms with Crippen LogP contribution in [0, 0.1) is 0 Å². The van der Waals surface area contributed by atoms with Crippen LogP contribution in [0.25, 0.3) is 0 Å². The number of hydrogen-bond donors (Lipinski definition) is 2. The molecule has 1 fully saturated rings. The fourth-order valence-electron chi connectivity index (χ4n) is 2.20. The van der Waals surface area contributed by atoms with Gasteiger partial charge in [0, 0.05) is 24.1 Å². The molecule has 1 aromatic carbocycles. The fourth-order valence-corrected chi connectivity index (χ4v) is 3.66. The minimum atomic E-state index is -3.73. The Labute approximate surface area is 144 Å². The van der Waals surface area contributed by atoms with Gasteiger partial charge in [-0.1, -0.05) is 11.8 Å². The van der Waals surface area contributed by atoms with E-state index in [9.17, 15) is 13.2 Å². The van der Waals surface area contributed by atoms with Crippen molar-refractivity contribution in [3.63, 3.8) is 0 Å². The van der Waals surface area contributed by atoms with Gasteiger partial charge in [-0.2, -0.15) is 0 Å². The minimum absolute atomic E-state index is 0.00869. The van der Waals surface area contributed by atoms with Gasteiger partial charge in [-0.25, -0.2) is 18.5 Å². The second-order valence-electron chi connectivity index (χ2n) is 5.67. The molecule has 24 heavy (non-hydrogen) atoms. The van der Waals surface area contributed by atoms with Crippen LogP contribution >= 0.6 is 11.8 Å². The number of amides is 1. The molecule has 1 amide bonds. The summed E-state index contributed by atoms with van der Waals surface area (Å²) >= 11 is 1.40. The maximum absolute atomic E-state index is 12.3. The smallest absolute Gasteiger partial charge is 0.238 e. The lowest BCUT2D eigenvalue weighted by Crippen LogP contribution is -2.23. The Morgan fingerprint density at radius 3 is 2.62 bits per heavy atom. The van der Waals surface area contributed by atoms with Crippen LogP contribution < -0.4 is 10.5 Å². The number of nitrogens with zero attached hydrogens (tertiary/aromatic N) is 2. The number of aromatic nitrogens is 2. The summed E-state index contributed by atoms with van der Waals surface area (Å²) in [6.07, 6.45) is 6.00. The highest BCUT2D eigenvalue weighted by Crippen LogP contribution is 2.38. The predicted octanol–water partition coefficient (Wildman–Crippen LogP) is 1.98. The van der Waals surface area contributed by atoms with Gasteiger partial charge in [0.15, 0.2) is 5.16 Å². The lowest BCUT2D eigenvalue weighted by atomic mass is 10.3. The Bertz CT molecular complexity index is 842. The highest BCUT2D eigenvalue weighted by Gasteiger charge is 2.27. The van der Waals surface area contributed by atoms with Crippen molar-refractivity contribution in [1.82, 2.24) is 9.55 Å². The molecule has 1 aliphatic carbocycles. The molecular formula is C15H18N4O3S2. The van der Waals surface area contributed by atoms with Crippen molar-refractivity contribution >= 4 is 33.4 Å². The van der Waals surface area contributed by atoms with E-state index in [1.54, 1.807) is 6.20 Å². The summed E-state index contributed by atoms with van der Waals surface area (Å²) in [5.41, 5.74) is 0.519. The molecule has 1 aromatic heterocycles. The molecule has 0 bridgehead atoms. The number of sulfonamides is 1. The van der Waals surface area contributed by atoms with Gasteiger partial charge in [-0.15, -0.1) is 0 Å². The quantitative estimate of drug-likeness (QED) is 0.760. The second kappa shape index (κ2) is 6.58. The van der Waals surface area contributed by atoms with Gasteiger partial charge in [0.1, 0.15) is 0 Å². The standard InChI is InChI=1S/C15H18N4O3S2/c1-10(23-15-17-8-9-19(15)12-4-5-12)14(20)18-11-2-6-13(7-3-11)24(16,21)22/h2-3,6-10,12H,4-5H2,1H3,(H,18,20)(H2,16,21,22). The Hall–Kier alpha value is -1.84. The molecule has 1 aliphatic rings. The lowest BCUT2D eigenvalue weighted by Gasteiger charge is -2.13. The number of primary sulfonamides is 1. The first-order chi connectivity index (χ1) is 11.3. The molecule has 0 spiro atoms. The van der Waals surface area contributed by atoms with Crippen molar-refractivity contribution in [2.45, 2.75) is 41.1 Å². The van der Waals surface area contributed by atoms with Crippen molar-refractivity contribution in [1.29, 1.82) is 0 Å². The molecule has 1 saturated carbocycles. The first kappa shape index (κ1) is 17.0. The highest BCUT2D eigenvalue weighted by molar-refractivity contribution is 8.00. The Balaban J connectivity index is 1.62. The van der Waals surface area contributed by atoms with Gasteiger partial charge < -0.3 is 9.88 Å². The summed E-state index contributed by atoms with van der Waals surface area (Å²) in [6, 6.07) is 6.27. The van der Waals surface area contributed by atoms with Crippen LogP contribution in [0.15, 0.2) is 46.7 Å². The van der Waals surface area contributed by atoms with Crippen LogP contribution in [-0.4, -0.2) is 29.1 Å². The molecule has 1 unspecified atom stereocenters. The predicted molar refractivity (Wildman–Crippen MR) is 92.3 cm³/mol. The van der Waals surface area contributed by atoms with Crippen LogP contribution in [0.1, 0.15) is 25.8 Å². The zero-order valence-electron chi connectivity index (χ0n) is 13.0. The Morgan fingerprint density at radius 2 is 2.04 bits per heavy atom. The van der Waals surface area contributed by atoms with E-state index < -0.39 is 10.0 Å². The van der Waals surface area contributed by atoms with Gasteiger partial charge in [0.2, 0.25) is 15.9 Å². The van der Waals surface area contributed by atoms with E-state index in [4.69, 9.17) is 5.14 Å². The Morgan fingerprint density at radius 1 is 1.38 bits per heavy atom. The van der Waals surface area contributed by atoms with Crippen molar-refractivity contribution in [3.8, 4) is 0 Å². The molecule has 2 aromatic rings. The second-order valence-corrected chi connectivity index (χ2v) is 8.54. The molecule has 1 heterocycles. The molecular weight excluding hydrogens is 348 g/mol.